The number of carboxylic acids is 1. The summed E-state index contributed by atoms with van der Waals surface area (Å²) in [6.07, 6.45) is 12.9. The fourth-order valence-corrected chi connectivity index (χ4v) is 9.14. The average molecular weight is 488 g/mol. The highest BCUT2D eigenvalue weighted by Gasteiger charge is 2.59. The number of carbonyl (C=O) groups is 2. The smallest absolute Gasteiger partial charge is 0.306 e. The molecule has 7 heteroatoms. The number of carbonyl (C=O) groups excluding carboxylic acids is 1. The molecule has 0 spiro atoms. The van der Waals surface area contributed by atoms with Crippen LogP contribution in [0, 0.1) is 28.6 Å². The van der Waals surface area contributed by atoms with Crippen LogP contribution >= 0.6 is 11.3 Å². The fraction of sp³-hybridized carbons (Fsp3) is 0.741. The van der Waals surface area contributed by atoms with Crippen molar-refractivity contribution in [1.29, 1.82) is 0 Å². The first-order valence-corrected chi connectivity index (χ1v) is 13.7. The first-order valence-electron chi connectivity index (χ1n) is 12.8. The van der Waals surface area contributed by atoms with Crippen LogP contribution in [0.4, 0.5) is 0 Å². The van der Waals surface area contributed by atoms with E-state index < -0.39 is 5.97 Å². The van der Waals surface area contributed by atoms with Crippen molar-refractivity contribution in [2.75, 3.05) is 7.11 Å². The van der Waals surface area contributed by atoms with Crippen LogP contribution in [-0.4, -0.2) is 35.2 Å². The number of fused-ring (bicyclic) bond motifs is 5. The second-order valence-corrected chi connectivity index (χ2v) is 12.4. The minimum atomic E-state index is -0.957. The molecule has 6 nitrogen and oxygen atoms in total. The van der Waals surface area contributed by atoms with Gasteiger partial charge in [0.25, 0.3) is 0 Å². The van der Waals surface area contributed by atoms with Crippen LogP contribution in [0.5, 0.6) is 5.06 Å². The molecular weight excluding hydrogens is 450 g/mol. The molecule has 1 aromatic rings. The fourth-order valence-electron chi connectivity index (χ4n) is 8.12. The van der Waals surface area contributed by atoms with Gasteiger partial charge < -0.3 is 14.6 Å². The quantitative estimate of drug-likeness (QED) is 0.393. The average Bonchev–Trinajstić information content (AvgIpc) is 3.41. The highest BCUT2D eigenvalue weighted by Crippen LogP contribution is 2.68. The first kappa shape index (κ1) is 23.8. The number of nitrogens with zero attached hydrogens (tertiary/aromatic N) is 1. The molecule has 5 rings (SSSR count). The molecule has 0 amide bonds. The summed E-state index contributed by atoms with van der Waals surface area (Å²) in [5.74, 6) is 1.34. The summed E-state index contributed by atoms with van der Waals surface area (Å²) in [6.45, 7) is 4.98. The standard InChI is InChI=1S/C27H37NO5S/c1-26-12-10-17(33-23(31)9-8-22(29)30)14-16(26)4-5-18-19-6-7-21(25-28-15-24(32-3)34-25)27(19,2)13-11-20(18)26/h4,15,17-21H,5-14H2,1-3H3,(H,29,30). The second-order valence-electron chi connectivity index (χ2n) is 11.4. The Morgan fingerprint density at radius 1 is 1.15 bits per heavy atom. The summed E-state index contributed by atoms with van der Waals surface area (Å²) < 4.78 is 11.1. The lowest BCUT2D eigenvalue weighted by Gasteiger charge is -2.58. The van der Waals surface area contributed by atoms with E-state index in [-0.39, 0.29) is 30.3 Å². The Kier molecular flexibility index (Phi) is 6.28. The van der Waals surface area contributed by atoms with Gasteiger partial charge in [0, 0.05) is 12.3 Å². The third kappa shape index (κ3) is 3.98. The van der Waals surface area contributed by atoms with Gasteiger partial charge in [-0.05, 0) is 73.5 Å². The Labute approximate surface area is 206 Å². The number of allylic oxidation sites excluding steroid dienone is 1. The third-order valence-electron chi connectivity index (χ3n) is 9.90. The second kappa shape index (κ2) is 8.96. The zero-order valence-corrected chi connectivity index (χ0v) is 21.4. The predicted octanol–water partition coefficient (Wildman–Crippen LogP) is 5.97. The molecule has 0 aromatic carbocycles. The van der Waals surface area contributed by atoms with Crippen molar-refractivity contribution in [2.24, 2.45) is 28.6 Å². The van der Waals surface area contributed by atoms with Gasteiger partial charge in [0.15, 0.2) is 5.06 Å². The van der Waals surface area contributed by atoms with Crippen LogP contribution in [0.3, 0.4) is 0 Å². The summed E-state index contributed by atoms with van der Waals surface area (Å²) in [5.41, 5.74) is 1.97. The third-order valence-corrected chi connectivity index (χ3v) is 11.0. The molecule has 7 unspecified atom stereocenters. The van der Waals surface area contributed by atoms with E-state index in [1.54, 1.807) is 18.4 Å². The molecule has 4 aliphatic rings. The van der Waals surface area contributed by atoms with E-state index in [1.165, 1.54) is 36.3 Å². The van der Waals surface area contributed by atoms with E-state index in [2.05, 4.69) is 19.9 Å². The van der Waals surface area contributed by atoms with Gasteiger partial charge in [-0.1, -0.05) is 36.8 Å². The van der Waals surface area contributed by atoms with Crippen molar-refractivity contribution in [1.82, 2.24) is 4.98 Å². The van der Waals surface area contributed by atoms with Gasteiger partial charge in [0.2, 0.25) is 0 Å². The number of carboxylic acid groups (broad SMARTS) is 1. The Balaban J connectivity index is 1.29. The van der Waals surface area contributed by atoms with Crippen LogP contribution < -0.4 is 4.74 Å². The van der Waals surface area contributed by atoms with Crippen LogP contribution in [0.15, 0.2) is 17.8 Å². The Morgan fingerprint density at radius 3 is 2.71 bits per heavy atom. The van der Waals surface area contributed by atoms with Crippen molar-refractivity contribution in [3.63, 3.8) is 0 Å². The maximum Gasteiger partial charge on any atom is 0.306 e. The molecule has 7 atom stereocenters. The van der Waals surface area contributed by atoms with E-state index in [1.807, 2.05) is 6.20 Å². The number of thiazole rings is 1. The van der Waals surface area contributed by atoms with E-state index in [0.717, 1.165) is 36.7 Å². The minimum Gasteiger partial charge on any atom is -0.486 e. The van der Waals surface area contributed by atoms with E-state index >= 15 is 0 Å². The maximum atomic E-state index is 12.1. The van der Waals surface area contributed by atoms with Gasteiger partial charge in [0.05, 0.1) is 31.2 Å². The number of aliphatic carboxylic acids is 1. The van der Waals surface area contributed by atoms with Crippen LogP contribution in [0.2, 0.25) is 0 Å². The summed E-state index contributed by atoms with van der Waals surface area (Å²) in [4.78, 5) is 27.6. The molecule has 0 bridgehead atoms. The van der Waals surface area contributed by atoms with Crippen molar-refractivity contribution in [3.8, 4) is 5.06 Å². The van der Waals surface area contributed by atoms with Gasteiger partial charge in [-0.2, -0.15) is 0 Å². The van der Waals surface area contributed by atoms with Gasteiger partial charge in [-0.3, -0.25) is 9.59 Å². The lowest BCUT2D eigenvalue weighted by molar-refractivity contribution is -0.154. The molecule has 1 aromatic heterocycles. The van der Waals surface area contributed by atoms with Gasteiger partial charge >= 0.3 is 11.9 Å². The minimum absolute atomic E-state index is 0.0424. The Bertz CT molecular complexity index is 987. The molecule has 1 N–H and O–H groups in total. The number of aromatic nitrogens is 1. The largest absolute Gasteiger partial charge is 0.486 e. The monoisotopic (exact) mass is 487 g/mol. The molecule has 34 heavy (non-hydrogen) atoms. The molecule has 186 valence electrons. The van der Waals surface area contributed by atoms with Crippen LogP contribution in [0.25, 0.3) is 0 Å². The van der Waals surface area contributed by atoms with Gasteiger partial charge in [-0.25, -0.2) is 4.98 Å². The predicted molar refractivity (Wildman–Crippen MR) is 130 cm³/mol. The highest BCUT2D eigenvalue weighted by molar-refractivity contribution is 7.13. The topological polar surface area (TPSA) is 85.7 Å². The van der Waals surface area contributed by atoms with E-state index in [0.29, 0.717) is 23.2 Å². The molecule has 1 heterocycles. The number of esters is 1. The molecule has 3 fully saturated rings. The number of hydrogen-bond donors (Lipinski definition) is 1. The van der Waals surface area contributed by atoms with Crippen molar-refractivity contribution >= 4 is 23.3 Å². The van der Waals surface area contributed by atoms with Crippen LogP contribution in [-0.2, 0) is 14.3 Å². The van der Waals surface area contributed by atoms with Crippen molar-refractivity contribution in [3.05, 3.63) is 22.9 Å². The molecule has 0 radical (unpaired) electrons. The molecule has 4 aliphatic carbocycles. The Morgan fingerprint density at radius 2 is 1.97 bits per heavy atom. The van der Waals surface area contributed by atoms with E-state index in [9.17, 15) is 9.59 Å². The first-order chi connectivity index (χ1) is 16.2. The summed E-state index contributed by atoms with van der Waals surface area (Å²) in [6, 6.07) is 0. The zero-order valence-electron chi connectivity index (χ0n) is 20.5. The van der Waals surface area contributed by atoms with Gasteiger partial charge in [-0.15, -0.1) is 0 Å². The van der Waals surface area contributed by atoms with Gasteiger partial charge in [0.1, 0.15) is 6.10 Å². The molecule has 3 saturated carbocycles. The number of rotatable bonds is 6. The van der Waals surface area contributed by atoms with Crippen molar-refractivity contribution in [2.45, 2.75) is 90.1 Å². The van der Waals surface area contributed by atoms with Crippen molar-refractivity contribution < 1.29 is 24.2 Å². The number of methoxy groups -OCH3 is 1. The maximum absolute atomic E-state index is 12.1. The summed E-state index contributed by atoms with van der Waals surface area (Å²) in [7, 11) is 1.72. The lowest BCUT2D eigenvalue weighted by Crippen LogP contribution is -2.50. The lowest BCUT2D eigenvalue weighted by atomic mass is 9.47. The number of ether oxygens (including phenoxy) is 2. The Hall–Kier alpha value is -1.89. The summed E-state index contributed by atoms with van der Waals surface area (Å²) in [5, 5.41) is 11.0. The summed E-state index contributed by atoms with van der Waals surface area (Å²) >= 11 is 1.72. The SMILES string of the molecule is COc1cnc(C2CCC3C4CC=C5CC(OC(=O)CCC(=O)O)CCC5(C)C4CCC23C)s1. The van der Waals surface area contributed by atoms with Crippen LogP contribution in [0.1, 0.15) is 89.0 Å². The number of hydrogen-bond acceptors (Lipinski definition) is 6. The molecule has 0 saturated heterocycles. The normalized spacial score (nSPS) is 38.8. The van der Waals surface area contributed by atoms with E-state index in [4.69, 9.17) is 19.6 Å². The highest BCUT2D eigenvalue weighted by atomic mass is 32.1. The zero-order chi connectivity index (χ0) is 24.1. The molecule has 0 aliphatic heterocycles. The molecular formula is C27H37NO5S.